The Morgan fingerprint density at radius 2 is 2.17 bits per heavy atom. The summed E-state index contributed by atoms with van der Waals surface area (Å²) in [5, 5.41) is 2.37. The summed E-state index contributed by atoms with van der Waals surface area (Å²) >= 11 is 0. The van der Waals surface area contributed by atoms with Gasteiger partial charge in [-0.25, -0.2) is 17.8 Å². The van der Waals surface area contributed by atoms with E-state index in [0.717, 1.165) is 12.3 Å². The molecule has 0 saturated carbocycles. The van der Waals surface area contributed by atoms with Crippen molar-refractivity contribution >= 4 is 15.7 Å². The standard InChI is InChI=1S/C10H10F2N2O3S/c11-8-7(1-3-13-9(8)12)10(15)14-6-2-4-18(16,17)5-6/h1,3,6H,2,4-5H2,(H,14,15). The van der Waals surface area contributed by atoms with Crippen molar-refractivity contribution < 1.29 is 22.0 Å². The largest absolute Gasteiger partial charge is 0.348 e. The number of amides is 1. The fourth-order valence-corrected chi connectivity index (χ4v) is 3.44. The molecule has 1 unspecified atom stereocenters. The first-order valence-electron chi connectivity index (χ1n) is 5.20. The number of aromatic nitrogens is 1. The minimum Gasteiger partial charge on any atom is -0.348 e. The highest BCUT2D eigenvalue weighted by Crippen LogP contribution is 2.13. The highest BCUT2D eigenvalue weighted by Gasteiger charge is 2.30. The second-order valence-electron chi connectivity index (χ2n) is 4.04. The van der Waals surface area contributed by atoms with Gasteiger partial charge in [0.2, 0.25) is 5.95 Å². The number of hydrogen-bond acceptors (Lipinski definition) is 4. The van der Waals surface area contributed by atoms with Crippen molar-refractivity contribution in [2.24, 2.45) is 0 Å². The van der Waals surface area contributed by atoms with Gasteiger partial charge in [0.25, 0.3) is 5.91 Å². The van der Waals surface area contributed by atoms with Crippen molar-refractivity contribution in [1.29, 1.82) is 0 Å². The molecule has 0 aliphatic carbocycles. The van der Waals surface area contributed by atoms with Gasteiger partial charge in [0, 0.05) is 12.2 Å². The van der Waals surface area contributed by atoms with E-state index < -0.39 is 39.1 Å². The van der Waals surface area contributed by atoms with Gasteiger partial charge < -0.3 is 5.32 Å². The predicted octanol–water partition coefficient (Wildman–Crippen LogP) is 0.277. The lowest BCUT2D eigenvalue weighted by Crippen LogP contribution is -2.36. The average molecular weight is 276 g/mol. The summed E-state index contributed by atoms with van der Waals surface area (Å²) in [5.74, 6) is -3.72. The molecule has 1 fully saturated rings. The van der Waals surface area contributed by atoms with Gasteiger partial charge in [0.15, 0.2) is 15.7 Å². The molecule has 1 aromatic rings. The van der Waals surface area contributed by atoms with Crippen molar-refractivity contribution in [2.75, 3.05) is 11.5 Å². The molecule has 0 bridgehead atoms. The topological polar surface area (TPSA) is 76.1 Å². The fraction of sp³-hybridized carbons (Fsp3) is 0.400. The van der Waals surface area contributed by atoms with Crippen LogP contribution in [-0.4, -0.2) is 36.9 Å². The summed E-state index contributed by atoms with van der Waals surface area (Å²) in [6.07, 6.45) is 1.25. The molecule has 1 saturated heterocycles. The van der Waals surface area contributed by atoms with Gasteiger partial charge in [-0.1, -0.05) is 0 Å². The molecule has 2 rings (SSSR count). The van der Waals surface area contributed by atoms with Crippen molar-refractivity contribution in [2.45, 2.75) is 12.5 Å². The average Bonchev–Trinajstić information content (AvgIpc) is 2.62. The van der Waals surface area contributed by atoms with Gasteiger partial charge in [0.1, 0.15) is 0 Å². The van der Waals surface area contributed by atoms with Crippen LogP contribution in [0.4, 0.5) is 8.78 Å². The Kier molecular flexibility index (Phi) is 3.29. The highest BCUT2D eigenvalue weighted by atomic mass is 32.2. The van der Waals surface area contributed by atoms with Crippen LogP contribution in [0.15, 0.2) is 12.3 Å². The van der Waals surface area contributed by atoms with Gasteiger partial charge in [0.05, 0.1) is 17.1 Å². The van der Waals surface area contributed by atoms with E-state index in [2.05, 4.69) is 10.3 Å². The summed E-state index contributed by atoms with van der Waals surface area (Å²) < 4.78 is 48.4. The van der Waals surface area contributed by atoms with E-state index in [1.54, 1.807) is 0 Å². The summed E-state index contributed by atoms with van der Waals surface area (Å²) in [7, 11) is -3.14. The zero-order chi connectivity index (χ0) is 13.3. The second-order valence-corrected chi connectivity index (χ2v) is 6.27. The van der Waals surface area contributed by atoms with Crippen molar-refractivity contribution in [1.82, 2.24) is 10.3 Å². The van der Waals surface area contributed by atoms with Gasteiger partial charge in [-0.15, -0.1) is 0 Å². The maximum absolute atomic E-state index is 13.3. The van der Waals surface area contributed by atoms with Crippen molar-refractivity contribution in [3.63, 3.8) is 0 Å². The Morgan fingerprint density at radius 3 is 2.78 bits per heavy atom. The van der Waals surface area contributed by atoms with Crippen LogP contribution in [0.5, 0.6) is 0 Å². The van der Waals surface area contributed by atoms with E-state index in [1.807, 2.05) is 0 Å². The van der Waals surface area contributed by atoms with Crippen LogP contribution in [0, 0.1) is 11.8 Å². The Hall–Kier alpha value is -1.57. The lowest BCUT2D eigenvalue weighted by molar-refractivity contribution is 0.0935. The van der Waals surface area contributed by atoms with Crippen LogP contribution < -0.4 is 5.32 Å². The normalized spacial score (nSPS) is 21.8. The molecule has 1 aliphatic heterocycles. The quantitative estimate of drug-likeness (QED) is 0.787. The van der Waals surface area contributed by atoms with Gasteiger partial charge in [-0.05, 0) is 12.5 Å². The number of nitrogens with zero attached hydrogens (tertiary/aromatic N) is 1. The van der Waals surface area contributed by atoms with Crippen LogP contribution >= 0.6 is 0 Å². The molecular formula is C10H10F2N2O3S. The third-order valence-corrected chi connectivity index (χ3v) is 4.43. The number of nitrogens with one attached hydrogen (secondary N) is 1. The molecular weight excluding hydrogens is 266 g/mol. The molecule has 8 heteroatoms. The first kappa shape index (κ1) is 12.9. The number of carbonyl (C=O) groups excluding carboxylic acids is 1. The lowest BCUT2D eigenvalue weighted by atomic mass is 10.2. The molecule has 0 aromatic carbocycles. The van der Waals surface area contributed by atoms with Crippen molar-refractivity contribution in [3.8, 4) is 0 Å². The summed E-state index contributed by atoms with van der Waals surface area (Å²) in [6.45, 7) is 0. The number of hydrogen-bond donors (Lipinski definition) is 1. The summed E-state index contributed by atoms with van der Waals surface area (Å²) in [4.78, 5) is 14.7. The van der Waals surface area contributed by atoms with Crippen LogP contribution in [0.1, 0.15) is 16.8 Å². The first-order valence-corrected chi connectivity index (χ1v) is 7.02. The SMILES string of the molecule is O=C(NC1CCS(=O)(=O)C1)c1ccnc(F)c1F. The number of rotatable bonds is 2. The van der Waals surface area contributed by atoms with Gasteiger partial charge in [-0.2, -0.15) is 4.39 Å². The van der Waals surface area contributed by atoms with E-state index in [-0.39, 0.29) is 17.9 Å². The molecule has 1 amide bonds. The molecule has 0 radical (unpaired) electrons. The van der Waals surface area contributed by atoms with Gasteiger partial charge in [-0.3, -0.25) is 4.79 Å². The van der Waals surface area contributed by atoms with E-state index in [9.17, 15) is 22.0 Å². The van der Waals surface area contributed by atoms with Crippen LogP contribution in [0.25, 0.3) is 0 Å². The fourth-order valence-electron chi connectivity index (χ4n) is 1.77. The van der Waals surface area contributed by atoms with Crippen LogP contribution in [-0.2, 0) is 9.84 Å². The number of carbonyl (C=O) groups is 1. The highest BCUT2D eigenvalue weighted by molar-refractivity contribution is 7.91. The van der Waals surface area contributed by atoms with E-state index in [0.29, 0.717) is 0 Å². The zero-order valence-electron chi connectivity index (χ0n) is 9.19. The first-order chi connectivity index (χ1) is 8.39. The molecule has 1 atom stereocenters. The summed E-state index contributed by atoms with van der Waals surface area (Å²) in [6, 6.07) is 0.482. The third-order valence-electron chi connectivity index (χ3n) is 2.66. The van der Waals surface area contributed by atoms with Gasteiger partial charge >= 0.3 is 0 Å². The molecule has 1 N–H and O–H groups in total. The molecule has 1 aromatic heterocycles. The molecule has 1 aliphatic rings. The van der Waals surface area contributed by atoms with E-state index in [1.165, 1.54) is 0 Å². The maximum atomic E-state index is 13.3. The maximum Gasteiger partial charge on any atom is 0.254 e. The van der Waals surface area contributed by atoms with Crippen LogP contribution in [0.3, 0.4) is 0 Å². The monoisotopic (exact) mass is 276 g/mol. The number of pyridine rings is 1. The molecule has 18 heavy (non-hydrogen) atoms. The van der Waals surface area contributed by atoms with E-state index in [4.69, 9.17) is 0 Å². The Bertz CT molecular complexity index is 589. The predicted molar refractivity (Wildman–Crippen MR) is 58.7 cm³/mol. The Balaban J connectivity index is 2.11. The Morgan fingerprint density at radius 1 is 1.44 bits per heavy atom. The second kappa shape index (κ2) is 4.60. The smallest absolute Gasteiger partial charge is 0.254 e. The Labute approximate surface area is 102 Å². The zero-order valence-corrected chi connectivity index (χ0v) is 10.0. The molecule has 5 nitrogen and oxygen atoms in total. The minimum absolute atomic E-state index is 0.00879. The molecule has 98 valence electrons. The molecule has 2 heterocycles. The lowest BCUT2D eigenvalue weighted by Gasteiger charge is -2.11. The minimum atomic E-state index is -3.14. The number of sulfone groups is 1. The van der Waals surface area contributed by atoms with Crippen LogP contribution in [0.2, 0.25) is 0 Å². The molecule has 0 spiro atoms. The summed E-state index contributed by atoms with van der Waals surface area (Å²) in [5.41, 5.74) is -0.480. The number of halogens is 2. The van der Waals surface area contributed by atoms with E-state index >= 15 is 0 Å². The third kappa shape index (κ3) is 2.63. The van der Waals surface area contributed by atoms with Crippen molar-refractivity contribution in [3.05, 3.63) is 29.6 Å².